The van der Waals surface area contributed by atoms with E-state index in [0.29, 0.717) is 38.7 Å². The van der Waals surface area contributed by atoms with Crippen LogP contribution in [-0.2, 0) is 33.3 Å². The summed E-state index contributed by atoms with van der Waals surface area (Å²) >= 11 is 0. The lowest BCUT2D eigenvalue weighted by atomic mass is 9.41. The monoisotopic (exact) mass is 578 g/mol. The third-order valence-electron chi connectivity index (χ3n) is 12.5. The predicted octanol–water partition coefficient (Wildman–Crippen LogP) is 2.06. The maximum absolute atomic E-state index is 13.1. The van der Waals surface area contributed by atoms with E-state index in [1.54, 1.807) is 13.0 Å². The first-order valence-corrected chi connectivity index (χ1v) is 15.3. The van der Waals surface area contributed by atoms with Crippen LogP contribution in [0.1, 0.15) is 71.6 Å². The number of aliphatic hydroxyl groups is 3. The number of fused-ring (bicyclic) bond motifs is 5. The fourth-order valence-electron chi connectivity index (χ4n) is 10.2. The van der Waals surface area contributed by atoms with Gasteiger partial charge in [-0.05, 0) is 81.6 Å². The molecule has 5 fully saturated rings. The number of aliphatic hydroxyl groups excluding tert-OH is 1. The Labute approximate surface area is 241 Å². The van der Waals surface area contributed by atoms with Crippen molar-refractivity contribution in [2.75, 3.05) is 20.8 Å². The number of carbonyl (C=O) groups is 2. The second kappa shape index (κ2) is 10.4. The van der Waals surface area contributed by atoms with Gasteiger partial charge in [-0.1, -0.05) is 6.92 Å². The lowest BCUT2D eigenvalue weighted by Gasteiger charge is -2.65. The molecule has 2 aliphatic heterocycles. The lowest BCUT2D eigenvalue weighted by Crippen LogP contribution is -2.69. The molecule has 0 unspecified atom stereocenters. The summed E-state index contributed by atoms with van der Waals surface area (Å²) in [5.74, 6) is -0.499. The van der Waals surface area contributed by atoms with Crippen molar-refractivity contribution in [1.82, 2.24) is 0 Å². The van der Waals surface area contributed by atoms with Gasteiger partial charge in [-0.3, -0.25) is 0 Å². The molecule has 41 heavy (non-hydrogen) atoms. The zero-order valence-electron chi connectivity index (χ0n) is 24.6. The Morgan fingerprint density at radius 3 is 2.39 bits per heavy atom. The Balaban J connectivity index is 1.22. The van der Waals surface area contributed by atoms with E-state index in [1.807, 2.05) is 0 Å². The van der Waals surface area contributed by atoms with Crippen molar-refractivity contribution < 1.29 is 48.6 Å². The van der Waals surface area contributed by atoms with Crippen molar-refractivity contribution >= 4 is 12.3 Å². The van der Waals surface area contributed by atoms with Gasteiger partial charge in [0.05, 0.1) is 28.8 Å². The van der Waals surface area contributed by atoms with Gasteiger partial charge < -0.3 is 43.8 Å². The zero-order valence-corrected chi connectivity index (χ0v) is 24.6. The molecule has 10 heteroatoms. The molecule has 0 amide bonds. The average Bonchev–Trinajstić information content (AvgIpc) is 3.49. The van der Waals surface area contributed by atoms with Crippen LogP contribution in [0.3, 0.4) is 0 Å². The van der Waals surface area contributed by atoms with Crippen LogP contribution in [-0.4, -0.2) is 96.4 Å². The molecule has 0 radical (unpaired) electrons. The van der Waals surface area contributed by atoms with Crippen LogP contribution >= 0.6 is 0 Å². The summed E-state index contributed by atoms with van der Waals surface area (Å²) < 4.78 is 28.7. The molecule has 10 nitrogen and oxygen atoms in total. The largest absolute Gasteiger partial charge is 0.458 e. The summed E-state index contributed by atoms with van der Waals surface area (Å²) in [5, 5.41) is 35.2. The minimum absolute atomic E-state index is 0.0677. The minimum atomic E-state index is -1.27. The highest BCUT2D eigenvalue weighted by Crippen LogP contribution is 2.70. The van der Waals surface area contributed by atoms with Gasteiger partial charge in [0.15, 0.2) is 6.29 Å². The predicted molar refractivity (Wildman–Crippen MR) is 144 cm³/mol. The number of hydrogen-bond donors (Lipinski definition) is 3. The molecule has 13 atom stereocenters. The molecule has 4 saturated carbocycles. The van der Waals surface area contributed by atoms with Gasteiger partial charge in [-0.25, -0.2) is 4.79 Å². The second-order valence-electron chi connectivity index (χ2n) is 13.8. The van der Waals surface area contributed by atoms with Crippen molar-refractivity contribution in [2.45, 2.75) is 120 Å². The molecule has 1 saturated heterocycles. The number of carbonyl (C=O) groups excluding carboxylic acids is 2. The molecule has 230 valence electrons. The van der Waals surface area contributed by atoms with E-state index in [-0.39, 0.29) is 36.2 Å². The number of esters is 1. The summed E-state index contributed by atoms with van der Waals surface area (Å²) in [5.41, 5.74) is -2.66. The topological polar surface area (TPSA) is 141 Å². The first-order valence-electron chi connectivity index (χ1n) is 15.3. The maximum Gasteiger partial charge on any atom is 0.331 e. The van der Waals surface area contributed by atoms with Crippen LogP contribution < -0.4 is 0 Å². The summed E-state index contributed by atoms with van der Waals surface area (Å²) in [6, 6.07) is 0. The molecule has 4 aliphatic carbocycles. The molecular formula is C31H46O10. The Hall–Kier alpha value is -1.40. The molecule has 0 aromatic heterocycles. The number of methoxy groups -OCH3 is 2. The Morgan fingerprint density at radius 1 is 1.00 bits per heavy atom. The van der Waals surface area contributed by atoms with Crippen LogP contribution in [0.25, 0.3) is 0 Å². The summed E-state index contributed by atoms with van der Waals surface area (Å²) in [6.45, 7) is 4.20. The Bertz CT molecular complexity index is 1080. The fraction of sp³-hybridized carbons (Fsp3) is 0.871. The van der Waals surface area contributed by atoms with Crippen LogP contribution in [0.2, 0.25) is 0 Å². The average molecular weight is 579 g/mol. The van der Waals surface area contributed by atoms with Gasteiger partial charge in [0, 0.05) is 32.1 Å². The molecule has 3 N–H and O–H groups in total. The van der Waals surface area contributed by atoms with Gasteiger partial charge in [0.1, 0.15) is 31.2 Å². The first-order chi connectivity index (χ1) is 19.5. The molecule has 0 aromatic rings. The fourth-order valence-corrected chi connectivity index (χ4v) is 10.2. The van der Waals surface area contributed by atoms with E-state index in [2.05, 4.69) is 6.92 Å². The smallest absolute Gasteiger partial charge is 0.331 e. The van der Waals surface area contributed by atoms with Gasteiger partial charge >= 0.3 is 5.97 Å². The quantitative estimate of drug-likeness (QED) is 0.244. The van der Waals surface area contributed by atoms with E-state index >= 15 is 0 Å². The highest BCUT2D eigenvalue weighted by Gasteiger charge is 2.71. The van der Waals surface area contributed by atoms with Crippen molar-refractivity contribution in [1.29, 1.82) is 0 Å². The zero-order chi connectivity index (χ0) is 29.4. The summed E-state index contributed by atoms with van der Waals surface area (Å²) in [6.07, 6.45) is 3.93. The molecule has 0 aromatic carbocycles. The van der Waals surface area contributed by atoms with E-state index < -0.39 is 52.7 Å². The number of hydrogen-bond acceptors (Lipinski definition) is 10. The number of rotatable bonds is 6. The number of cyclic esters (lactones) is 1. The third-order valence-corrected chi connectivity index (χ3v) is 12.5. The van der Waals surface area contributed by atoms with Gasteiger partial charge in [-0.2, -0.15) is 0 Å². The second-order valence-corrected chi connectivity index (χ2v) is 13.8. The number of ether oxygens (including phenoxy) is 5. The lowest BCUT2D eigenvalue weighted by molar-refractivity contribution is -0.323. The van der Waals surface area contributed by atoms with Gasteiger partial charge in [-0.15, -0.1) is 0 Å². The Kier molecular flexibility index (Phi) is 7.49. The van der Waals surface area contributed by atoms with E-state index in [1.165, 1.54) is 14.2 Å². The van der Waals surface area contributed by atoms with Crippen molar-refractivity contribution in [3.05, 3.63) is 11.6 Å². The van der Waals surface area contributed by atoms with Crippen molar-refractivity contribution in [3.8, 4) is 0 Å². The number of aldehydes is 1. The van der Waals surface area contributed by atoms with Gasteiger partial charge in [0.2, 0.25) is 0 Å². The highest BCUT2D eigenvalue weighted by molar-refractivity contribution is 5.85. The standard InChI is InChI=1S/C31H46O10/c1-17-24(34)25(37-3)26(38-4)27(40-17)41-19-5-10-29(16-32)21-6-9-28(2)20(18-13-23(33)39-15-18)8-12-31(28,36)22(21)7-11-30(29,35)14-19/h13,16-17,19-22,24-27,34-36H,5-12,14-15H2,1-4H3/t17-,19+,20-,21+,22-,24-,25+,26-,27+,28-,29+,30+,31+/m1/s1. The van der Waals surface area contributed by atoms with Crippen LogP contribution in [0.5, 0.6) is 0 Å². The van der Waals surface area contributed by atoms with E-state index in [0.717, 1.165) is 31.1 Å². The molecule has 0 bridgehead atoms. The summed E-state index contributed by atoms with van der Waals surface area (Å²) in [7, 11) is 3.04. The molecule has 6 rings (SSSR count). The van der Waals surface area contributed by atoms with E-state index in [4.69, 9.17) is 23.7 Å². The first kappa shape index (κ1) is 29.7. The van der Waals surface area contributed by atoms with E-state index in [9.17, 15) is 24.9 Å². The molecule has 2 heterocycles. The molecule has 6 aliphatic rings. The third kappa shape index (κ3) is 4.15. The van der Waals surface area contributed by atoms with Crippen LogP contribution in [0.4, 0.5) is 0 Å². The molecule has 0 spiro atoms. The van der Waals surface area contributed by atoms with Crippen molar-refractivity contribution in [2.24, 2.45) is 28.6 Å². The SMILES string of the molecule is CO[C@H]1[C@H](O[C@H]2CC[C@]3(C=O)[C@H]4CC[C@]5(C)[C@@H](C6=CC(=O)OC6)CC[C@]5(O)[C@@H]4CC[C@]3(O)C2)O[C@H](C)[C@@H](O)[C@@H]1OC. The Morgan fingerprint density at radius 2 is 1.73 bits per heavy atom. The van der Waals surface area contributed by atoms with Gasteiger partial charge in [0.25, 0.3) is 0 Å². The van der Waals surface area contributed by atoms with Crippen LogP contribution in [0, 0.1) is 28.6 Å². The minimum Gasteiger partial charge on any atom is -0.458 e. The highest BCUT2D eigenvalue weighted by atomic mass is 16.7. The van der Waals surface area contributed by atoms with Crippen LogP contribution in [0.15, 0.2) is 11.6 Å². The normalized spacial score (nSPS) is 53.1. The molecular weight excluding hydrogens is 532 g/mol. The summed E-state index contributed by atoms with van der Waals surface area (Å²) in [4.78, 5) is 24.9. The maximum atomic E-state index is 13.1. The van der Waals surface area contributed by atoms with Crippen molar-refractivity contribution in [3.63, 3.8) is 0 Å².